The standard InChI is InChI=1S/2C4H10NO.Cd.2ClH/c2*1-4(2,5)3-6;;;/h2*5-6H,3H2,1-2H3;;2*1H/q2*-1;+2;;/p-2. The molecular weight excluding hydrogens is 339 g/mol. The summed E-state index contributed by atoms with van der Waals surface area (Å²) in [4.78, 5) is 0. The molecule has 0 spiro atoms. The van der Waals surface area contributed by atoms with E-state index in [1.165, 1.54) is 0 Å². The van der Waals surface area contributed by atoms with Gasteiger partial charge in [0.25, 0.3) is 0 Å². The molecule has 15 heavy (non-hydrogen) atoms. The number of rotatable bonds is 2. The van der Waals surface area contributed by atoms with Crippen molar-refractivity contribution in [2.75, 3.05) is 13.2 Å². The summed E-state index contributed by atoms with van der Waals surface area (Å²) in [6, 6.07) is 0. The molecule has 0 saturated heterocycles. The number of hydrogen-bond donors (Lipinski definition) is 2. The minimum atomic E-state index is -1.07. The van der Waals surface area contributed by atoms with Gasteiger partial charge in [-0.3, -0.25) is 0 Å². The van der Waals surface area contributed by atoms with Crippen molar-refractivity contribution in [2.45, 2.75) is 38.8 Å². The normalized spacial score (nSPS) is 10.3. The van der Waals surface area contributed by atoms with Crippen molar-refractivity contribution in [3.63, 3.8) is 0 Å². The minimum absolute atomic E-state index is 0.0625. The Labute approximate surface area is 111 Å². The van der Waals surface area contributed by atoms with Crippen LogP contribution in [0, 0.1) is 0 Å². The van der Waals surface area contributed by atoms with Crippen LogP contribution >= 0.6 is 16.6 Å². The molecule has 92 valence electrons. The van der Waals surface area contributed by atoms with Gasteiger partial charge in [0.15, 0.2) is 0 Å². The Morgan fingerprint density at radius 2 is 1.00 bits per heavy atom. The van der Waals surface area contributed by atoms with E-state index < -0.39 is 32.9 Å². The van der Waals surface area contributed by atoms with E-state index >= 15 is 0 Å². The molecule has 0 fully saturated rings. The molecule has 0 aromatic rings. The molecule has 4 N–H and O–H groups in total. The summed E-state index contributed by atoms with van der Waals surface area (Å²) in [5.74, 6) is 0. The summed E-state index contributed by atoms with van der Waals surface area (Å²) in [6.45, 7) is 6.51. The Morgan fingerprint density at radius 1 is 0.933 bits per heavy atom. The van der Waals surface area contributed by atoms with Crippen LogP contribution in [0.25, 0.3) is 11.5 Å². The second kappa shape index (κ2) is 11.8. The summed E-state index contributed by atoms with van der Waals surface area (Å²) in [7, 11) is 9.95. The van der Waals surface area contributed by atoms with E-state index in [9.17, 15) is 0 Å². The van der Waals surface area contributed by atoms with E-state index in [0.29, 0.717) is 0 Å². The van der Waals surface area contributed by atoms with E-state index in [1.807, 2.05) is 0 Å². The van der Waals surface area contributed by atoms with Crippen LogP contribution in [0.2, 0.25) is 0 Å². The Balaban J connectivity index is -0.000000153. The summed E-state index contributed by atoms with van der Waals surface area (Å²) >= 11 is -1.07. The Kier molecular flexibility index (Phi) is 17.0. The number of aliphatic hydroxyl groups is 2. The van der Waals surface area contributed by atoms with Crippen molar-refractivity contribution in [2.24, 2.45) is 0 Å². The van der Waals surface area contributed by atoms with Crippen molar-refractivity contribution >= 4 is 16.6 Å². The maximum absolute atomic E-state index is 8.22. The van der Waals surface area contributed by atoms with Crippen LogP contribution in [-0.4, -0.2) is 34.5 Å². The first kappa shape index (κ1) is 21.6. The van der Waals surface area contributed by atoms with Gasteiger partial charge in [-0.1, -0.05) is 27.7 Å². The molecule has 0 aliphatic heterocycles. The summed E-state index contributed by atoms with van der Waals surface area (Å²) in [5.41, 5.74) is 12.6. The van der Waals surface area contributed by atoms with Crippen LogP contribution in [0.4, 0.5) is 0 Å². The van der Waals surface area contributed by atoms with Gasteiger partial charge >= 0.3 is 38.4 Å². The molecule has 0 amide bonds. The summed E-state index contributed by atoms with van der Waals surface area (Å²) < 4.78 is 0. The van der Waals surface area contributed by atoms with E-state index in [4.69, 9.17) is 38.3 Å². The van der Waals surface area contributed by atoms with Gasteiger partial charge in [-0.25, -0.2) is 0 Å². The zero-order chi connectivity index (χ0) is 13.1. The van der Waals surface area contributed by atoms with Gasteiger partial charge < -0.3 is 21.7 Å². The van der Waals surface area contributed by atoms with Gasteiger partial charge in [0.05, 0.1) is 0 Å². The molecule has 0 unspecified atom stereocenters. The Bertz CT molecular complexity index is 113. The second-order valence-corrected chi connectivity index (χ2v) is 10.2. The molecule has 0 aromatic heterocycles. The molecule has 0 atom stereocenters. The predicted molar refractivity (Wildman–Crippen MR) is 62.7 cm³/mol. The fourth-order valence-corrected chi connectivity index (χ4v) is 0. The van der Waals surface area contributed by atoms with Gasteiger partial charge in [-0.15, -0.1) is 11.1 Å². The zero-order valence-corrected chi connectivity index (χ0v) is 15.3. The van der Waals surface area contributed by atoms with Gasteiger partial charge in [-0.05, 0) is 0 Å². The third kappa shape index (κ3) is 50.7. The average molecular weight is 360 g/mol. The van der Waals surface area contributed by atoms with Crippen LogP contribution in [0.3, 0.4) is 0 Å². The SMILES string of the molecule is CC(C)([NH-])CO.CC(C)([NH-])CO.[Cl][Cd][Cl]. The van der Waals surface area contributed by atoms with Crippen LogP contribution < -0.4 is 0 Å². The van der Waals surface area contributed by atoms with Crippen LogP contribution in [0.15, 0.2) is 0 Å². The molecule has 0 radical (unpaired) electrons. The molecule has 0 aliphatic rings. The van der Waals surface area contributed by atoms with Crippen molar-refractivity contribution in [3.05, 3.63) is 11.5 Å². The molecular formula is C8H20CdCl2N2O2-2. The molecule has 0 aliphatic carbocycles. The van der Waals surface area contributed by atoms with Crippen molar-refractivity contribution in [1.29, 1.82) is 0 Å². The number of hydrogen-bond acceptors (Lipinski definition) is 2. The predicted octanol–water partition coefficient (Wildman–Crippen LogP) is 3.00. The van der Waals surface area contributed by atoms with Crippen molar-refractivity contribution < 1.29 is 32.0 Å². The van der Waals surface area contributed by atoms with E-state index in [2.05, 4.69) is 0 Å². The molecule has 4 nitrogen and oxygen atoms in total. The van der Waals surface area contributed by atoms with E-state index in [1.54, 1.807) is 27.7 Å². The van der Waals surface area contributed by atoms with Crippen molar-refractivity contribution in [3.8, 4) is 0 Å². The monoisotopic (exact) mass is 360 g/mol. The third-order valence-corrected chi connectivity index (χ3v) is 0.791. The topological polar surface area (TPSA) is 88.1 Å². The molecule has 0 aromatic carbocycles. The second-order valence-electron chi connectivity index (χ2n) is 4.19. The van der Waals surface area contributed by atoms with Crippen LogP contribution in [0.5, 0.6) is 0 Å². The van der Waals surface area contributed by atoms with Gasteiger partial charge in [0.1, 0.15) is 0 Å². The third-order valence-electron chi connectivity index (χ3n) is 0.791. The summed E-state index contributed by atoms with van der Waals surface area (Å²) in [5, 5.41) is 16.4. The first-order valence-electron chi connectivity index (χ1n) is 4.37. The van der Waals surface area contributed by atoms with E-state index in [-0.39, 0.29) is 13.2 Å². The number of nitrogens with one attached hydrogen (secondary N) is 2. The Hall–Kier alpha value is 1.34. The van der Waals surface area contributed by atoms with Gasteiger partial charge in [0.2, 0.25) is 0 Å². The number of aliphatic hydroxyl groups excluding tert-OH is 2. The fraction of sp³-hybridized carbons (Fsp3) is 1.00. The molecule has 0 heterocycles. The van der Waals surface area contributed by atoms with E-state index in [0.717, 1.165) is 0 Å². The first-order valence-corrected chi connectivity index (χ1v) is 14.6. The maximum atomic E-state index is 8.22. The molecule has 0 rings (SSSR count). The average Bonchev–Trinajstić information content (AvgIpc) is 2.04. The molecule has 0 bridgehead atoms. The van der Waals surface area contributed by atoms with Crippen LogP contribution in [0.1, 0.15) is 27.7 Å². The fourth-order valence-electron chi connectivity index (χ4n) is 0. The molecule has 0 saturated carbocycles. The Morgan fingerprint density at radius 3 is 1.00 bits per heavy atom. The van der Waals surface area contributed by atoms with Crippen LogP contribution in [-0.2, 0) is 21.8 Å². The number of halogens is 2. The van der Waals surface area contributed by atoms with Gasteiger partial charge in [-0.2, -0.15) is 0 Å². The quantitative estimate of drug-likeness (QED) is 0.742. The van der Waals surface area contributed by atoms with Crippen molar-refractivity contribution in [1.82, 2.24) is 0 Å². The summed E-state index contributed by atoms with van der Waals surface area (Å²) in [6.07, 6.45) is 0. The zero-order valence-electron chi connectivity index (χ0n) is 9.77. The first-order chi connectivity index (χ1) is 6.54. The molecule has 7 heteroatoms. The van der Waals surface area contributed by atoms with Gasteiger partial charge in [0, 0.05) is 13.2 Å².